The van der Waals surface area contributed by atoms with Gasteiger partial charge in [0.15, 0.2) is 5.76 Å². The number of ether oxygens (including phenoxy) is 2. The van der Waals surface area contributed by atoms with Crippen molar-refractivity contribution in [2.24, 2.45) is 17.3 Å². The summed E-state index contributed by atoms with van der Waals surface area (Å²) in [5.74, 6) is 0.511. The van der Waals surface area contributed by atoms with Gasteiger partial charge in [0.25, 0.3) is 5.91 Å². The first kappa shape index (κ1) is 19.0. The van der Waals surface area contributed by atoms with E-state index in [-0.39, 0.29) is 29.8 Å². The Kier molecular flexibility index (Phi) is 6.88. The fourth-order valence-corrected chi connectivity index (χ4v) is 2.91. The number of nitrogens with zero attached hydrogens (tertiary/aromatic N) is 1. The van der Waals surface area contributed by atoms with Crippen molar-refractivity contribution < 1.29 is 19.4 Å². The van der Waals surface area contributed by atoms with E-state index in [1.165, 1.54) is 4.90 Å². The van der Waals surface area contributed by atoms with Crippen molar-refractivity contribution in [2.45, 2.75) is 46.8 Å². The van der Waals surface area contributed by atoms with Gasteiger partial charge in [0.2, 0.25) is 6.29 Å². The average molecular weight is 313 g/mol. The minimum atomic E-state index is -0.440. The first-order chi connectivity index (χ1) is 10.2. The van der Waals surface area contributed by atoms with Crippen molar-refractivity contribution in [1.82, 2.24) is 4.90 Å². The Balaban J connectivity index is 3.14. The highest BCUT2D eigenvalue weighted by Crippen LogP contribution is 2.42. The molecule has 1 amide bonds. The molecule has 0 saturated carbocycles. The van der Waals surface area contributed by atoms with Gasteiger partial charge >= 0.3 is 0 Å². The quantitative estimate of drug-likeness (QED) is 0.818. The fraction of sp³-hybridized carbons (Fsp3) is 0.824. The summed E-state index contributed by atoms with van der Waals surface area (Å²) in [6.07, 6.45) is 3.02. The third-order valence-electron chi connectivity index (χ3n) is 4.03. The molecule has 3 atom stereocenters. The van der Waals surface area contributed by atoms with Crippen LogP contribution in [0.3, 0.4) is 0 Å². The van der Waals surface area contributed by atoms with Crippen molar-refractivity contribution in [3.8, 4) is 0 Å². The molecule has 1 aliphatic heterocycles. The maximum Gasteiger partial charge on any atom is 0.288 e. The van der Waals surface area contributed by atoms with Crippen molar-refractivity contribution in [3.63, 3.8) is 0 Å². The van der Waals surface area contributed by atoms with Crippen LogP contribution in [-0.2, 0) is 14.3 Å². The molecule has 0 saturated heterocycles. The molecular weight excluding hydrogens is 282 g/mol. The van der Waals surface area contributed by atoms with Crippen molar-refractivity contribution >= 4 is 5.91 Å². The van der Waals surface area contributed by atoms with E-state index >= 15 is 0 Å². The summed E-state index contributed by atoms with van der Waals surface area (Å²) in [7, 11) is 3.43. The van der Waals surface area contributed by atoms with E-state index in [1.54, 1.807) is 14.1 Å². The highest BCUT2D eigenvalue weighted by atomic mass is 16.7. The second-order valence-electron chi connectivity index (χ2n) is 7.09. The fourth-order valence-electron chi connectivity index (χ4n) is 2.91. The molecule has 0 unspecified atom stereocenters. The summed E-state index contributed by atoms with van der Waals surface area (Å²) < 4.78 is 11.6. The number of allylic oxidation sites excluding steroid dienone is 1. The molecule has 5 nitrogen and oxygen atoms in total. The summed E-state index contributed by atoms with van der Waals surface area (Å²) in [5, 5.41) is 9.16. The highest BCUT2D eigenvalue weighted by molar-refractivity contribution is 5.91. The van der Waals surface area contributed by atoms with Crippen molar-refractivity contribution in [3.05, 3.63) is 11.8 Å². The van der Waals surface area contributed by atoms with E-state index in [4.69, 9.17) is 14.6 Å². The second-order valence-corrected chi connectivity index (χ2v) is 7.09. The molecule has 1 aliphatic rings. The Morgan fingerprint density at radius 2 is 2.05 bits per heavy atom. The van der Waals surface area contributed by atoms with E-state index < -0.39 is 6.29 Å². The van der Waals surface area contributed by atoms with E-state index in [1.807, 2.05) is 13.0 Å². The number of rotatable bonds is 6. The molecule has 0 aliphatic carbocycles. The molecule has 0 aromatic carbocycles. The van der Waals surface area contributed by atoms with Crippen LogP contribution in [-0.4, -0.2) is 49.5 Å². The van der Waals surface area contributed by atoms with Gasteiger partial charge in [0, 0.05) is 33.2 Å². The van der Waals surface area contributed by atoms with Crippen LogP contribution in [0.15, 0.2) is 11.8 Å². The SMILES string of the molecule is CCO[C@H]1OC(C(=O)N(C)C)=C[C@@H](C(C)(C)C)[C@H]1CCCO. The van der Waals surface area contributed by atoms with Crippen LogP contribution in [0.5, 0.6) is 0 Å². The number of carbonyl (C=O) groups is 1. The first-order valence-corrected chi connectivity index (χ1v) is 8.05. The van der Waals surface area contributed by atoms with Crippen molar-refractivity contribution in [1.29, 1.82) is 0 Å². The molecule has 0 spiro atoms. The van der Waals surface area contributed by atoms with E-state index in [0.717, 1.165) is 6.42 Å². The zero-order chi connectivity index (χ0) is 16.9. The van der Waals surface area contributed by atoms with Crippen molar-refractivity contribution in [2.75, 3.05) is 27.3 Å². The van der Waals surface area contributed by atoms with Crippen LogP contribution < -0.4 is 0 Å². The molecule has 0 aromatic rings. The average Bonchev–Trinajstić information content (AvgIpc) is 2.43. The van der Waals surface area contributed by atoms with Gasteiger partial charge in [-0.2, -0.15) is 0 Å². The van der Waals surface area contributed by atoms with Gasteiger partial charge in [0.1, 0.15) is 0 Å². The van der Waals surface area contributed by atoms with Crippen LogP contribution in [0.25, 0.3) is 0 Å². The lowest BCUT2D eigenvalue weighted by Gasteiger charge is -2.42. The van der Waals surface area contributed by atoms with Gasteiger partial charge in [-0.25, -0.2) is 0 Å². The van der Waals surface area contributed by atoms with Crippen LogP contribution >= 0.6 is 0 Å². The maximum atomic E-state index is 12.3. The highest BCUT2D eigenvalue weighted by Gasteiger charge is 2.42. The maximum absolute atomic E-state index is 12.3. The number of likely N-dealkylation sites (N-methyl/N-ethyl adjacent to an activating group) is 1. The monoisotopic (exact) mass is 313 g/mol. The second kappa shape index (κ2) is 7.97. The molecule has 22 heavy (non-hydrogen) atoms. The number of aliphatic hydroxyl groups excluding tert-OH is 1. The minimum Gasteiger partial charge on any atom is -0.459 e. The van der Waals surface area contributed by atoms with Gasteiger partial charge < -0.3 is 19.5 Å². The summed E-state index contributed by atoms with van der Waals surface area (Å²) in [5.41, 5.74) is -0.0168. The molecule has 0 radical (unpaired) electrons. The van der Waals surface area contributed by atoms with E-state index in [9.17, 15) is 4.79 Å². The van der Waals surface area contributed by atoms with Gasteiger partial charge in [-0.1, -0.05) is 20.8 Å². The number of hydrogen-bond acceptors (Lipinski definition) is 4. The van der Waals surface area contributed by atoms with Gasteiger partial charge in [-0.3, -0.25) is 4.79 Å². The topological polar surface area (TPSA) is 59.0 Å². The lowest BCUT2D eigenvalue weighted by Crippen LogP contribution is -2.43. The van der Waals surface area contributed by atoms with Crippen LogP contribution in [0, 0.1) is 17.3 Å². The molecule has 128 valence electrons. The minimum absolute atomic E-state index is 0.0168. The van der Waals surface area contributed by atoms with Crippen LogP contribution in [0.1, 0.15) is 40.5 Å². The summed E-state index contributed by atoms with van der Waals surface area (Å²) >= 11 is 0. The van der Waals surface area contributed by atoms with Gasteiger partial charge in [0.05, 0.1) is 0 Å². The van der Waals surface area contributed by atoms with Crippen LogP contribution in [0.4, 0.5) is 0 Å². The zero-order valence-electron chi connectivity index (χ0n) is 14.8. The van der Waals surface area contributed by atoms with Gasteiger partial charge in [-0.15, -0.1) is 0 Å². The molecule has 5 heteroatoms. The third-order valence-corrected chi connectivity index (χ3v) is 4.03. The number of hydrogen-bond donors (Lipinski definition) is 1. The molecule has 0 aromatic heterocycles. The number of amides is 1. The molecule has 1 rings (SSSR count). The molecule has 1 heterocycles. The first-order valence-electron chi connectivity index (χ1n) is 8.05. The lowest BCUT2D eigenvalue weighted by atomic mass is 9.70. The predicted molar refractivity (Wildman–Crippen MR) is 86.0 cm³/mol. The normalized spacial score (nSPS) is 25.4. The van der Waals surface area contributed by atoms with Gasteiger partial charge in [-0.05, 0) is 37.2 Å². The van der Waals surface area contributed by atoms with E-state index in [2.05, 4.69) is 20.8 Å². The molecule has 0 fully saturated rings. The number of aliphatic hydroxyl groups is 1. The summed E-state index contributed by atoms with van der Waals surface area (Å²) in [6.45, 7) is 9.08. The predicted octanol–water partition coefficient (Wildman–Crippen LogP) is 2.40. The Morgan fingerprint density at radius 1 is 1.41 bits per heavy atom. The zero-order valence-corrected chi connectivity index (χ0v) is 14.8. The third kappa shape index (κ3) is 4.71. The molecule has 1 N–H and O–H groups in total. The Bertz CT molecular complexity index is 398. The Morgan fingerprint density at radius 3 is 2.50 bits per heavy atom. The summed E-state index contributed by atoms with van der Waals surface area (Å²) in [4.78, 5) is 13.8. The molecule has 0 bridgehead atoms. The molecular formula is C17H31NO4. The lowest BCUT2D eigenvalue weighted by molar-refractivity contribution is -0.181. The smallest absolute Gasteiger partial charge is 0.288 e. The largest absolute Gasteiger partial charge is 0.459 e. The summed E-state index contributed by atoms with van der Waals surface area (Å²) in [6, 6.07) is 0. The Hall–Kier alpha value is -1.07. The van der Waals surface area contributed by atoms with Crippen LogP contribution in [0.2, 0.25) is 0 Å². The van der Waals surface area contributed by atoms with E-state index in [0.29, 0.717) is 18.8 Å². The standard InChI is InChI=1S/C17H31NO4/c1-7-21-16-12(9-8-10-19)13(17(2,3)4)11-14(22-16)15(20)18(5)6/h11-13,16,19H,7-10H2,1-6H3/t12-,13-,16+/m1/s1. The number of carbonyl (C=O) groups excluding carboxylic acids is 1. The Labute approximate surface area is 134 Å².